The minimum Gasteiger partial charge on any atom is -0.506 e. The standard InChI is InChI=1S/C17H19N3O6S2/c1-11-4-3-5-13(17(11)19-27(2,23)24)8-12-6-7-14(15(21)9-12)20-10-16(22)18-28(20,25)26/h3-7,9,19,21H,8,10H2,1-2H3,(H,18,22). The molecule has 150 valence electrons. The van der Waals surface area contributed by atoms with Gasteiger partial charge in [-0.1, -0.05) is 24.3 Å². The Labute approximate surface area is 163 Å². The maximum atomic E-state index is 11.9. The number of hydrogen-bond acceptors (Lipinski definition) is 6. The van der Waals surface area contributed by atoms with Gasteiger partial charge in [0.1, 0.15) is 12.3 Å². The van der Waals surface area contributed by atoms with Crippen LogP contribution in [0, 0.1) is 6.92 Å². The van der Waals surface area contributed by atoms with E-state index in [4.69, 9.17) is 0 Å². The third-order valence-corrected chi connectivity index (χ3v) is 6.14. The van der Waals surface area contributed by atoms with Gasteiger partial charge in [0.2, 0.25) is 10.0 Å². The summed E-state index contributed by atoms with van der Waals surface area (Å²) in [7, 11) is -7.49. The van der Waals surface area contributed by atoms with Crippen LogP contribution in [0.1, 0.15) is 16.7 Å². The summed E-state index contributed by atoms with van der Waals surface area (Å²) in [5.74, 6) is -0.984. The zero-order chi connectivity index (χ0) is 20.7. The highest BCUT2D eigenvalue weighted by Gasteiger charge is 2.35. The number of anilines is 2. The van der Waals surface area contributed by atoms with E-state index < -0.39 is 32.7 Å². The smallest absolute Gasteiger partial charge is 0.326 e. The molecule has 1 aliphatic heterocycles. The fraction of sp³-hybridized carbons (Fsp3) is 0.235. The molecule has 1 saturated heterocycles. The predicted molar refractivity (Wildman–Crippen MR) is 105 cm³/mol. The van der Waals surface area contributed by atoms with Crippen LogP contribution in [-0.4, -0.2) is 40.6 Å². The summed E-state index contributed by atoms with van der Waals surface area (Å²) in [4.78, 5) is 11.4. The first-order valence-electron chi connectivity index (χ1n) is 8.18. The van der Waals surface area contributed by atoms with Gasteiger partial charge < -0.3 is 5.11 Å². The van der Waals surface area contributed by atoms with Crippen molar-refractivity contribution in [3.8, 4) is 5.75 Å². The van der Waals surface area contributed by atoms with E-state index in [1.165, 1.54) is 12.1 Å². The monoisotopic (exact) mass is 425 g/mol. The Morgan fingerprint density at radius 2 is 1.96 bits per heavy atom. The van der Waals surface area contributed by atoms with Crippen molar-refractivity contribution in [1.82, 2.24) is 4.72 Å². The second-order valence-electron chi connectivity index (χ2n) is 6.52. The molecule has 0 saturated carbocycles. The van der Waals surface area contributed by atoms with Gasteiger partial charge in [0.15, 0.2) is 0 Å². The van der Waals surface area contributed by atoms with Crippen LogP contribution < -0.4 is 13.7 Å². The molecule has 0 bridgehead atoms. The van der Waals surface area contributed by atoms with Gasteiger partial charge in [-0.05, 0) is 42.2 Å². The quantitative estimate of drug-likeness (QED) is 0.650. The number of phenolic OH excluding ortho intramolecular Hbond substituents is 1. The minimum absolute atomic E-state index is 0.0131. The number of aromatic hydroxyl groups is 1. The number of para-hydroxylation sites is 1. The number of carbonyl (C=O) groups is 1. The molecular formula is C17H19N3O6S2. The molecule has 1 heterocycles. The number of amides is 1. The highest BCUT2D eigenvalue weighted by Crippen LogP contribution is 2.33. The van der Waals surface area contributed by atoms with Gasteiger partial charge in [-0.15, -0.1) is 0 Å². The van der Waals surface area contributed by atoms with Crippen LogP contribution in [-0.2, 0) is 31.4 Å². The average molecular weight is 425 g/mol. The fourth-order valence-corrected chi connectivity index (χ4v) is 4.80. The highest BCUT2D eigenvalue weighted by atomic mass is 32.2. The molecule has 3 rings (SSSR count). The number of nitrogens with one attached hydrogen (secondary N) is 2. The van der Waals surface area contributed by atoms with E-state index in [1.54, 1.807) is 31.2 Å². The van der Waals surface area contributed by atoms with Crippen LogP contribution in [0.2, 0.25) is 0 Å². The van der Waals surface area contributed by atoms with Crippen molar-refractivity contribution in [2.45, 2.75) is 13.3 Å². The van der Waals surface area contributed by atoms with E-state index in [-0.39, 0.29) is 11.4 Å². The summed E-state index contributed by atoms with van der Waals surface area (Å²) in [6.45, 7) is 1.37. The summed E-state index contributed by atoms with van der Waals surface area (Å²) in [5, 5.41) is 10.3. The Hall–Kier alpha value is -2.79. The van der Waals surface area contributed by atoms with Gasteiger partial charge >= 0.3 is 10.2 Å². The summed E-state index contributed by atoms with van der Waals surface area (Å²) < 4.78 is 52.3. The third kappa shape index (κ3) is 4.20. The van der Waals surface area contributed by atoms with Gasteiger partial charge in [0, 0.05) is 0 Å². The predicted octanol–water partition coefficient (Wildman–Crippen LogP) is 0.844. The number of hydrogen-bond donors (Lipinski definition) is 3. The lowest BCUT2D eigenvalue weighted by molar-refractivity contribution is -0.117. The van der Waals surface area contributed by atoms with Gasteiger partial charge in [-0.25, -0.2) is 17.4 Å². The number of phenols is 1. The lowest BCUT2D eigenvalue weighted by Crippen LogP contribution is -2.29. The van der Waals surface area contributed by atoms with Gasteiger partial charge in [-0.2, -0.15) is 8.42 Å². The molecule has 28 heavy (non-hydrogen) atoms. The Kier molecular flexibility index (Phi) is 4.98. The van der Waals surface area contributed by atoms with Crippen LogP contribution in [0.15, 0.2) is 36.4 Å². The van der Waals surface area contributed by atoms with Crippen molar-refractivity contribution < 1.29 is 26.7 Å². The second kappa shape index (κ2) is 6.99. The molecule has 0 spiro atoms. The van der Waals surface area contributed by atoms with Crippen LogP contribution >= 0.6 is 0 Å². The minimum atomic E-state index is -4.02. The Morgan fingerprint density at radius 3 is 2.54 bits per heavy atom. The third-order valence-electron chi connectivity index (χ3n) is 4.17. The summed E-state index contributed by atoms with van der Waals surface area (Å²) in [5.41, 5.74) is 2.53. The van der Waals surface area contributed by atoms with Crippen molar-refractivity contribution in [2.24, 2.45) is 0 Å². The molecule has 0 aliphatic carbocycles. The molecule has 0 radical (unpaired) electrons. The Bertz CT molecular complexity index is 1160. The van der Waals surface area contributed by atoms with Crippen molar-refractivity contribution in [3.05, 3.63) is 53.1 Å². The average Bonchev–Trinajstić information content (AvgIpc) is 2.82. The van der Waals surface area contributed by atoms with Gasteiger partial charge in [0.05, 0.1) is 17.6 Å². The number of nitrogens with zero attached hydrogens (tertiary/aromatic N) is 1. The highest BCUT2D eigenvalue weighted by molar-refractivity contribution is 7.92. The number of rotatable bonds is 5. The SMILES string of the molecule is Cc1cccc(Cc2ccc(N3CC(=O)NS3(=O)=O)c(O)c2)c1NS(C)(=O)=O. The van der Waals surface area contributed by atoms with Gasteiger partial charge in [0.25, 0.3) is 5.91 Å². The Morgan fingerprint density at radius 1 is 1.25 bits per heavy atom. The lowest BCUT2D eigenvalue weighted by atomic mass is 10.0. The fourth-order valence-electron chi connectivity index (χ4n) is 2.98. The second-order valence-corrected chi connectivity index (χ2v) is 9.86. The molecule has 11 heteroatoms. The molecule has 3 N–H and O–H groups in total. The largest absolute Gasteiger partial charge is 0.506 e. The van der Waals surface area contributed by atoms with E-state index in [0.29, 0.717) is 23.2 Å². The lowest BCUT2D eigenvalue weighted by Gasteiger charge is -2.17. The van der Waals surface area contributed by atoms with Crippen LogP contribution in [0.5, 0.6) is 5.75 Å². The normalized spacial score (nSPS) is 16.1. The van der Waals surface area contributed by atoms with E-state index in [9.17, 15) is 26.7 Å². The molecular weight excluding hydrogens is 406 g/mol. The zero-order valence-corrected chi connectivity index (χ0v) is 16.8. The zero-order valence-electron chi connectivity index (χ0n) is 15.1. The van der Waals surface area contributed by atoms with Crippen molar-refractivity contribution >= 4 is 37.5 Å². The van der Waals surface area contributed by atoms with Crippen LogP contribution in [0.3, 0.4) is 0 Å². The Balaban J connectivity index is 1.93. The molecule has 2 aromatic carbocycles. The maximum Gasteiger partial charge on any atom is 0.326 e. The molecule has 1 amide bonds. The number of sulfonamides is 1. The van der Waals surface area contributed by atoms with E-state index >= 15 is 0 Å². The van der Waals surface area contributed by atoms with Crippen molar-refractivity contribution in [1.29, 1.82) is 0 Å². The van der Waals surface area contributed by atoms with Gasteiger partial charge in [-0.3, -0.25) is 9.52 Å². The first-order valence-corrected chi connectivity index (χ1v) is 11.5. The van der Waals surface area contributed by atoms with Crippen molar-refractivity contribution in [2.75, 3.05) is 21.8 Å². The molecule has 0 atom stereocenters. The first kappa shape index (κ1) is 20.0. The number of benzene rings is 2. The molecule has 0 unspecified atom stereocenters. The molecule has 1 aliphatic rings. The van der Waals surface area contributed by atoms with Crippen LogP contribution in [0.4, 0.5) is 11.4 Å². The van der Waals surface area contributed by atoms with Crippen molar-refractivity contribution in [3.63, 3.8) is 0 Å². The molecule has 0 aromatic heterocycles. The van der Waals surface area contributed by atoms with E-state index in [1.807, 2.05) is 4.72 Å². The molecule has 9 nitrogen and oxygen atoms in total. The summed E-state index contributed by atoms with van der Waals surface area (Å²) in [6, 6.07) is 9.74. The molecule has 2 aromatic rings. The van der Waals surface area contributed by atoms with E-state index in [0.717, 1.165) is 16.1 Å². The number of carbonyl (C=O) groups excluding carboxylic acids is 1. The summed E-state index contributed by atoms with van der Waals surface area (Å²) >= 11 is 0. The van der Waals surface area contributed by atoms with E-state index in [2.05, 4.69) is 4.72 Å². The first-order chi connectivity index (χ1) is 13.0. The maximum absolute atomic E-state index is 11.9. The molecule has 1 fully saturated rings. The summed E-state index contributed by atoms with van der Waals surface area (Å²) in [6.07, 6.45) is 1.37. The topological polar surface area (TPSA) is 133 Å². The number of aryl methyl sites for hydroxylation is 1. The van der Waals surface area contributed by atoms with Crippen LogP contribution in [0.25, 0.3) is 0 Å².